The fraction of sp³-hybridized carbons (Fsp3) is 0.105. The second-order valence-electron chi connectivity index (χ2n) is 6.17. The number of nitrogens with zero attached hydrogens (tertiary/aromatic N) is 2. The van der Waals surface area contributed by atoms with Crippen LogP contribution in [0.1, 0.15) is 6.92 Å². The Morgan fingerprint density at radius 2 is 1.97 bits per heavy atom. The Kier molecular flexibility index (Phi) is 6.04. The van der Waals surface area contributed by atoms with E-state index in [1.807, 2.05) is 0 Å². The summed E-state index contributed by atoms with van der Waals surface area (Å²) in [5, 5.41) is 4.78. The number of carbonyl (C=O) groups is 1. The van der Waals surface area contributed by atoms with Crippen LogP contribution in [0, 0.1) is 0 Å². The van der Waals surface area contributed by atoms with Gasteiger partial charge in [-0.3, -0.25) is 9.52 Å². The predicted molar refractivity (Wildman–Crippen MR) is 123 cm³/mol. The van der Waals surface area contributed by atoms with E-state index in [2.05, 4.69) is 20.0 Å². The Morgan fingerprint density at radius 3 is 2.70 bits per heavy atom. The van der Waals surface area contributed by atoms with Crippen LogP contribution in [-0.2, 0) is 14.8 Å². The van der Waals surface area contributed by atoms with E-state index in [-0.39, 0.29) is 16.1 Å². The molecule has 0 unspecified atom stereocenters. The van der Waals surface area contributed by atoms with Gasteiger partial charge in [-0.05, 0) is 37.3 Å². The maximum Gasteiger partial charge on any atom is 0.261 e. The summed E-state index contributed by atoms with van der Waals surface area (Å²) in [6, 6.07) is 13.4. The summed E-state index contributed by atoms with van der Waals surface area (Å²) in [6.07, 6.45) is 1.63. The zero-order chi connectivity index (χ0) is 21.1. The van der Waals surface area contributed by atoms with Crippen LogP contribution < -0.4 is 10.0 Å². The van der Waals surface area contributed by atoms with Gasteiger partial charge >= 0.3 is 0 Å². The molecule has 30 heavy (non-hydrogen) atoms. The number of carbonyl (C=O) groups excluding carboxylic acids is 1. The van der Waals surface area contributed by atoms with Crippen molar-refractivity contribution in [1.29, 1.82) is 0 Å². The summed E-state index contributed by atoms with van der Waals surface area (Å²) in [5.41, 5.74) is 1.21. The molecule has 7 nitrogen and oxygen atoms in total. The van der Waals surface area contributed by atoms with Gasteiger partial charge in [0.1, 0.15) is 0 Å². The second-order valence-corrected chi connectivity index (χ2v) is 11.4. The number of benzene rings is 2. The van der Waals surface area contributed by atoms with Gasteiger partial charge in [0.15, 0.2) is 9.47 Å². The van der Waals surface area contributed by atoms with Gasteiger partial charge in [0.05, 0.1) is 26.0 Å². The number of sulfonamides is 1. The quantitative estimate of drug-likeness (QED) is 0.376. The van der Waals surface area contributed by atoms with Crippen LogP contribution in [0.3, 0.4) is 0 Å². The molecule has 0 aliphatic heterocycles. The monoisotopic (exact) mass is 476 g/mol. The van der Waals surface area contributed by atoms with Crippen molar-refractivity contribution in [3.63, 3.8) is 0 Å². The highest BCUT2D eigenvalue weighted by molar-refractivity contribution is 8.02. The van der Waals surface area contributed by atoms with E-state index in [0.29, 0.717) is 10.8 Å². The number of fused-ring (bicyclic) bond motifs is 1. The SMILES string of the molecule is C[C@@H](Sc1nc2ccc(NS(=O)(=O)c3ccccc3)cc2s1)C(=O)Nc1nccs1. The third-order valence-electron chi connectivity index (χ3n) is 3.98. The van der Waals surface area contributed by atoms with Crippen molar-refractivity contribution in [2.24, 2.45) is 0 Å². The van der Waals surface area contributed by atoms with Gasteiger partial charge in [-0.2, -0.15) is 0 Å². The van der Waals surface area contributed by atoms with E-state index in [1.54, 1.807) is 67.0 Å². The van der Waals surface area contributed by atoms with E-state index >= 15 is 0 Å². The molecule has 154 valence electrons. The number of rotatable bonds is 7. The number of amides is 1. The third kappa shape index (κ3) is 4.81. The zero-order valence-electron chi connectivity index (χ0n) is 15.6. The summed E-state index contributed by atoms with van der Waals surface area (Å²) in [4.78, 5) is 21.1. The molecule has 2 N–H and O–H groups in total. The lowest BCUT2D eigenvalue weighted by atomic mass is 10.3. The first-order valence-electron chi connectivity index (χ1n) is 8.76. The van der Waals surface area contributed by atoms with Gasteiger partial charge in [-0.1, -0.05) is 30.0 Å². The number of aromatic nitrogens is 2. The molecule has 11 heteroatoms. The smallest absolute Gasteiger partial charge is 0.261 e. The Bertz CT molecular complexity index is 1270. The highest BCUT2D eigenvalue weighted by Gasteiger charge is 2.19. The Hall–Kier alpha value is -2.47. The van der Waals surface area contributed by atoms with Crippen molar-refractivity contribution in [2.75, 3.05) is 10.0 Å². The molecule has 0 saturated carbocycles. The van der Waals surface area contributed by atoms with Crippen molar-refractivity contribution in [3.8, 4) is 0 Å². The van der Waals surface area contributed by atoms with Crippen LogP contribution in [0.2, 0.25) is 0 Å². The number of thiazole rings is 2. The van der Waals surface area contributed by atoms with Crippen LogP contribution in [0.15, 0.2) is 69.3 Å². The summed E-state index contributed by atoms with van der Waals surface area (Å²) in [5.74, 6) is -0.148. The Morgan fingerprint density at radius 1 is 1.17 bits per heavy atom. The lowest BCUT2D eigenvalue weighted by Gasteiger charge is -2.07. The minimum Gasteiger partial charge on any atom is -0.301 e. The van der Waals surface area contributed by atoms with Crippen LogP contribution in [-0.4, -0.2) is 29.5 Å². The zero-order valence-corrected chi connectivity index (χ0v) is 18.9. The van der Waals surface area contributed by atoms with E-state index in [1.165, 1.54) is 34.4 Å². The molecule has 1 atom stereocenters. The molecule has 0 fully saturated rings. The molecule has 1 amide bonds. The summed E-state index contributed by atoms with van der Waals surface area (Å²) in [6.45, 7) is 1.80. The molecule has 4 aromatic rings. The molecule has 0 aliphatic carbocycles. The number of hydrogen-bond acceptors (Lipinski definition) is 8. The number of hydrogen-bond donors (Lipinski definition) is 2. The minimum absolute atomic E-state index is 0.148. The van der Waals surface area contributed by atoms with E-state index < -0.39 is 10.0 Å². The molecule has 2 aromatic heterocycles. The van der Waals surface area contributed by atoms with Crippen molar-refractivity contribution in [2.45, 2.75) is 21.4 Å². The molecule has 0 radical (unpaired) electrons. The molecule has 0 saturated heterocycles. The van der Waals surface area contributed by atoms with Crippen LogP contribution in [0.5, 0.6) is 0 Å². The second kappa shape index (κ2) is 8.72. The maximum atomic E-state index is 12.5. The predicted octanol–water partition coefficient (Wildman–Crippen LogP) is 4.67. The van der Waals surface area contributed by atoms with Crippen molar-refractivity contribution < 1.29 is 13.2 Å². The van der Waals surface area contributed by atoms with Crippen molar-refractivity contribution >= 4 is 71.4 Å². The standard InChI is InChI=1S/C19H16N4O3S4/c1-12(17(24)22-18-20-9-10-27-18)28-19-21-15-8-7-13(11-16(15)29-19)23-30(25,26)14-5-3-2-4-6-14/h2-12,23H,1H3,(H,20,22,24)/t12-/m1/s1. The lowest BCUT2D eigenvalue weighted by Crippen LogP contribution is -2.22. The minimum atomic E-state index is -3.66. The first-order chi connectivity index (χ1) is 14.4. The van der Waals surface area contributed by atoms with Crippen LogP contribution in [0.4, 0.5) is 10.8 Å². The summed E-state index contributed by atoms with van der Waals surface area (Å²) >= 11 is 4.12. The van der Waals surface area contributed by atoms with E-state index in [9.17, 15) is 13.2 Å². The van der Waals surface area contributed by atoms with Gasteiger partial charge < -0.3 is 5.32 Å². The molecule has 0 aliphatic rings. The fourth-order valence-corrected chi connectivity index (χ4v) is 6.38. The molecular formula is C19H16N4O3S4. The highest BCUT2D eigenvalue weighted by atomic mass is 32.2. The lowest BCUT2D eigenvalue weighted by molar-refractivity contribution is -0.115. The Labute approximate surface area is 185 Å². The summed E-state index contributed by atoms with van der Waals surface area (Å²) < 4.78 is 29.2. The molecule has 2 aromatic carbocycles. The van der Waals surface area contributed by atoms with Gasteiger partial charge in [0.25, 0.3) is 10.0 Å². The molecular weight excluding hydrogens is 461 g/mol. The van der Waals surface area contributed by atoms with Gasteiger partial charge in [-0.15, -0.1) is 22.7 Å². The largest absolute Gasteiger partial charge is 0.301 e. The molecule has 0 spiro atoms. The average Bonchev–Trinajstić information content (AvgIpc) is 3.37. The van der Waals surface area contributed by atoms with Crippen LogP contribution >= 0.6 is 34.4 Å². The number of nitrogens with one attached hydrogen (secondary N) is 2. The number of thioether (sulfide) groups is 1. The first-order valence-corrected chi connectivity index (χ1v) is 12.8. The number of anilines is 2. The van der Waals surface area contributed by atoms with Crippen molar-refractivity contribution in [3.05, 3.63) is 60.1 Å². The van der Waals surface area contributed by atoms with Gasteiger partial charge in [0, 0.05) is 11.6 Å². The summed E-state index contributed by atoms with van der Waals surface area (Å²) in [7, 11) is -3.66. The van der Waals surface area contributed by atoms with Gasteiger partial charge in [0.2, 0.25) is 5.91 Å². The van der Waals surface area contributed by atoms with E-state index in [0.717, 1.165) is 14.6 Å². The highest BCUT2D eigenvalue weighted by Crippen LogP contribution is 2.34. The fourth-order valence-electron chi connectivity index (χ4n) is 2.53. The average molecular weight is 477 g/mol. The first kappa shape index (κ1) is 20.8. The molecule has 0 bridgehead atoms. The topological polar surface area (TPSA) is 101 Å². The molecule has 2 heterocycles. The maximum absolute atomic E-state index is 12.5. The third-order valence-corrected chi connectivity index (χ3v) is 8.28. The van der Waals surface area contributed by atoms with Crippen LogP contribution in [0.25, 0.3) is 10.2 Å². The van der Waals surface area contributed by atoms with Crippen molar-refractivity contribution in [1.82, 2.24) is 9.97 Å². The van der Waals surface area contributed by atoms with E-state index in [4.69, 9.17) is 0 Å². The molecule has 4 rings (SSSR count). The normalized spacial score (nSPS) is 12.6. The Balaban J connectivity index is 1.48. The van der Waals surface area contributed by atoms with Gasteiger partial charge in [-0.25, -0.2) is 18.4 Å².